The van der Waals surface area contributed by atoms with Gasteiger partial charge in [0, 0.05) is 12.3 Å². The first-order valence-corrected chi connectivity index (χ1v) is 8.85. The van der Waals surface area contributed by atoms with Crippen molar-refractivity contribution in [1.82, 2.24) is 4.57 Å². The van der Waals surface area contributed by atoms with E-state index in [1.54, 1.807) is 6.07 Å². The third kappa shape index (κ3) is 3.27. The van der Waals surface area contributed by atoms with Crippen LogP contribution >= 0.6 is 0 Å². The summed E-state index contributed by atoms with van der Waals surface area (Å²) in [6.45, 7) is 1.95. The van der Waals surface area contributed by atoms with Gasteiger partial charge in [-0.15, -0.1) is 0 Å². The fraction of sp³-hybridized carbons (Fsp3) is 0.0909. The number of nitro groups is 1. The molecule has 29 heavy (non-hydrogen) atoms. The predicted octanol–water partition coefficient (Wildman–Crippen LogP) is 5.79. The summed E-state index contributed by atoms with van der Waals surface area (Å²) in [5.41, 5.74) is 2.03. The Bertz CT molecular complexity index is 1230. The van der Waals surface area contributed by atoms with Crippen LogP contribution in [-0.4, -0.2) is 16.6 Å². The number of ether oxygens (including phenoxy) is 2. The maximum absolute atomic E-state index is 14.0. The highest BCUT2D eigenvalue weighted by molar-refractivity contribution is 5.82. The van der Waals surface area contributed by atoms with Gasteiger partial charge in [-0.25, -0.2) is 0 Å². The number of methoxy groups -OCH3 is 1. The first-order chi connectivity index (χ1) is 14.0. The van der Waals surface area contributed by atoms with Crippen molar-refractivity contribution in [3.8, 4) is 22.9 Å². The van der Waals surface area contributed by atoms with Crippen molar-refractivity contribution >= 4 is 16.6 Å². The molecule has 0 aliphatic carbocycles. The van der Waals surface area contributed by atoms with E-state index >= 15 is 0 Å². The highest BCUT2D eigenvalue weighted by Gasteiger charge is 2.22. The summed E-state index contributed by atoms with van der Waals surface area (Å²) < 4.78 is 27.1. The number of hydrogen-bond acceptors (Lipinski definition) is 4. The van der Waals surface area contributed by atoms with Gasteiger partial charge in [0.1, 0.15) is 0 Å². The molecular weight excluding hydrogens is 375 g/mol. The molecule has 0 aliphatic heterocycles. The molecule has 0 saturated carbocycles. The molecule has 0 aliphatic rings. The zero-order valence-electron chi connectivity index (χ0n) is 15.8. The van der Waals surface area contributed by atoms with Crippen LogP contribution < -0.4 is 9.47 Å². The van der Waals surface area contributed by atoms with Crippen molar-refractivity contribution in [2.24, 2.45) is 0 Å². The number of rotatable bonds is 5. The highest BCUT2D eigenvalue weighted by Crippen LogP contribution is 2.39. The number of fused-ring (bicyclic) bond motifs is 1. The van der Waals surface area contributed by atoms with Crippen LogP contribution in [0.2, 0.25) is 0 Å². The van der Waals surface area contributed by atoms with E-state index < -0.39 is 16.4 Å². The average Bonchev–Trinajstić information content (AvgIpc) is 3.12. The standard InChI is InChI=1S/C22H17FN2O4/c1-14-6-5-9-19(22(14)24-11-10-15-7-3-4-8-17(15)24)29-21-13-18(25(26)27)16(23)12-20(21)28-2/h3-13H,1-2H3. The Kier molecular flexibility index (Phi) is 4.64. The summed E-state index contributed by atoms with van der Waals surface area (Å²) in [4.78, 5) is 10.4. The monoisotopic (exact) mass is 392 g/mol. The summed E-state index contributed by atoms with van der Waals surface area (Å²) in [5, 5.41) is 12.2. The Morgan fingerprint density at radius 2 is 1.79 bits per heavy atom. The SMILES string of the molecule is COc1cc(F)c([N+](=O)[O-])cc1Oc1cccc(C)c1-n1ccc2ccccc21. The van der Waals surface area contributed by atoms with Gasteiger partial charge in [-0.05, 0) is 36.1 Å². The second kappa shape index (κ2) is 7.27. The molecule has 0 atom stereocenters. The molecule has 4 rings (SSSR count). The average molecular weight is 392 g/mol. The topological polar surface area (TPSA) is 66.5 Å². The second-order valence-corrected chi connectivity index (χ2v) is 6.48. The van der Waals surface area contributed by atoms with E-state index in [0.717, 1.165) is 34.3 Å². The van der Waals surface area contributed by atoms with Gasteiger partial charge >= 0.3 is 5.69 Å². The summed E-state index contributed by atoms with van der Waals surface area (Å²) >= 11 is 0. The lowest BCUT2D eigenvalue weighted by molar-refractivity contribution is -0.387. The van der Waals surface area contributed by atoms with E-state index in [-0.39, 0.29) is 11.5 Å². The molecule has 146 valence electrons. The highest BCUT2D eigenvalue weighted by atomic mass is 19.1. The molecule has 4 aromatic rings. The lowest BCUT2D eigenvalue weighted by atomic mass is 10.1. The number of para-hydroxylation sites is 2. The van der Waals surface area contributed by atoms with Gasteiger partial charge < -0.3 is 14.0 Å². The van der Waals surface area contributed by atoms with Crippen LogP contribution in [0.3, 0.4) is 0 Å². The van der Waals surface area contributed by atoms with Crippen molar-refractivity contribution in [2.75, 3.05) is 7.11 Å². The summed E-state index contributed by atoms with van der Waals surface area (Å²) in [7, 11) is 1.35. The Morgan fingerprint density at radius 3 is 2.55 bits per heavy atom. The third-order valence-corrected chi connectivity index (χ3v) is 4.69. The third-order valence-electron chi connectivity index (χ3n) is 4.69. The first-order valence-electron chi connectivity index (χ1n) is 8.85. The normalized spacial score (nSPS) is 10.9. The maximum atomic E-state index is 14.0. The Balaban J connectivity index is 1.87. The molecule has 0 spiro atoms. The van der Waals surface area contributed by atoms with E-state index in [2.05, 4.69) is 0 Å². The lowest BCUT2D eigenvalue weighted by Gasteiger charge is -2.17. The summed E-state index contributed by atoms with van der Waals surface area (Å²) in [6.07, 6.45) is 1.93. The summed E-state index contributed by atoms with van der Waals surface area (Å²) in [6, 6.07) is 17.4. The van der Waals surface area contributed by atoms with Crippen LogP contribution in [0.5, 0.6) is 17.2 Å². The number of benzene rings is 3. The molecule has 1 heterocycles. The molecule has 0 N–H and O–H groups in total. The molecular formula is C22H17FN2O4. The molecule has 6 nitrogen and oxygen atoms in total. The van der Waals surface area contributed by atoms with Gasteiger partial charge in [0.25, 0.3) is 0 Å². The first kappa shape index (κ1) is 18.5. The second-order valence-electron chi connectivity index (χ2n) is 6.48. The quantitative estimate of drug-likeness (QED) is 0.319. The van der Waals surface area contributed by atoms with Crippen LogP contribution in [0, 0.1) is 22.9 Å². The van der Waals surface area contributed by atoms with Gasteiger partial charge in [-0.2, -0.15) is 4.39 Å². The summed E-state index contributed by atoms with van der Waals surface area (Å²) in [5.74, 6) is -0.396. The predicted molar refractivity (Wildman–Crippen MR) is 108 cm³/mol. The fourth-order valence-corrected chi connectivity index (χ4v) is 3.32. The number of nitrogens with zero attached hydrogens (tertiary/aromatic N) is 2. The zero-order valence-corrected chi connectivity index (χ0v) is 15.8. The minimum atomic E-state index is -0.986. The number of aryl methyl sites for hydroxylation is 1. The van der Waals surface area contributed by atoms with Crippen molar-refractivity contribution in [3.63, 3.8) is 0 Å². The minimum Gasteiger partial charge on any atom is -0.493 e. The Morgan fingerprint density at radius 1 is 1.00 bits per heavy atom. The van der Waals surface area contributed by atoms with Gasteiger partial charge in [-0.3, -0.25) is 10.1 Å². The molecule has 0 saturated heterocycles. The van der Waals surface area contributed by atoms with Crippen molar-refractivity contribution in [2.45, 2.75) is 6.92 Å². The molecule has 1 aromatic heterocycles. The molecule has 3 aromatic carbocycles. The van der Waals surface area contributed by atoms with Crippen LogP contribution in [0.15, 0.2) is 66.9 Å². The molecule has 0 fully saturated rings. The van der Waals surface area contributed by atoms with E-state index in [4.69, 9.17) is 9.47 Å². The van der Waals surface area contributed by atoms with Gasteiger partial charge in [-0.1, -0.05) is 30.3 Å². The number of hydrogen-bond donors (Lipinski definition) is 0. The maximum Gasteiger partial charge on any atom is 0.308 e. The Hall–Kier alpha value is -3.87. The van der Waals surface area contributed by atoms with E-state index in [9.17, 15) is 14.5 Å². The number of aromatic nitrogens is 1. The van der Waals surface area contributed by atoms with Crippen LogP contribution in [0.25, 0.3) is 16.6 Å². The minimum absolute atomic E-state index is 0.0592. The smallest absolute Gasteiger partial charge is 0.308 e. The van der Waals surface area contributed by atoms with Crippen molar-refractivity contribution < 1.29 is 18.8 Å². The van der Waals surface area contributed by atoms with Gasteiger partial charge in [0.15, 0.2) is 17.2 Å². The van der Waals surface area contributed by atoms with E-state index in [1.165, 1.54) is 7.11 Å². The van der Waals surface area contributed by atoms with Crippen LogP contribution in [0.1, 0.15) is 5.56 Å². The van der Waals surface area contributed by atoms with Crippen molar-refractivity contribution in [3.05, 3.63) is 88.4 Å². The number of halogens is 1. The molecule has 0 radical (unpaired) electrons. The molecule has 0 unspecified atom stereocenters. The number of nitro benzene ring substituents is 1. The van der Waals surface area contributed by atoms with Crippen molar-refractivity contribution in [1.29, 1.82) is 0 Å². The largest absolute Gasteiger partial charge is 0.493 e. The molecule has 0 amide bonds. The fourth-order valence-electron chi connectivity index (χ4n) is 3.32. The van der Waals surface area contributed by atoms with Gasteiger partial charge in [0.2, 0.25) is 5.82 Å². The van der Waals surface area contributed by atoms with E-state index in [0.29, 0.717) is 5.75 Å². The van der Waals surface area contributed by atoms with E-state index in [1.807, 2.05) is 60.2 Å². The molecule has 7 heteroatoms. The van der Waals surface area contributed by atoms with Crippen LogP contribution in [0.4, 0.5) is 10.1 Å². The molecule has 0 bridgehead atoms. The van der Waals surface area contributed by atoms with Crippen LogP contribution in [-0.2, 0) is 0 Å². The zero-order chi connectivity index (χ0) is 20.5. The Labute approximate surface area is 165 Å². The van der Waals surface area contributed by atoms with Gasteiger partial charge in [0.05, 0.1) is 29.3 Å². The lowest BCUT2D eigenvalue weighted by Crippen LogP contribution is -2.01.